The van der Waals surface area contributed by atoms with Crippen LogP contribution in [-0.2, 0) is 0 Å². The van der Waals surface area contributed by atoms with Crippen molar-refractivity contribution in [3.05, 3.63) is 29.5 Å². The predicted molar refractivity (Wildman–Crippen MR) is 91.1 cm³/mol. The Balaban J connectivity index is 2.30. The second-order valence-corrected chi connectivity index (χ2v) is 5.34. The standard InChI is InChI=1S/C15H20ClN5O/c1-4-9(2)20-14-13(17)15(19-8-18-14)21-11-7-10(16)5-6-12(11)22-3/h5-9H,4,17H2,1-3H3,(H2,18,19,20,21). The molecule has 2 rings (SSSR count). The van der Waals surface area contributed by atoms with Crippen molar-refractivity contribution in [3.8, 4) is 5.75 Å². The number of ether oxygens (including phenoxy) is 1. The molecule has 1 aromatic carbocycles. The summed E-state index contributed by atoms with van der Waals surface area (Å²) in [5, 5.41) is 6.98. The molecule has 0 aliphatic rings. The summed E-state index contributed by atoms with van der Waals surface area (Å²) in [7, 11) is 1.59. The lowest BCUT2D eigenvalue weighted by molar-refractivity contribution is 0.417. The summed E-state index contributed by atoms with van der Waals surface area (Å²) in [5.74, 6) is 1.76. The molecular weight excluding hydrogens is 302 g/mol. The number of anilines is 4. The van der Waals surface area contributed by atoms with Gasteiger partial charge in [0.25, 0.3) is 0 Å². The quantitative estimate of drug-likeness (QED) is 0.752. The van der Waals surface area contributed by atoms with Crippen molar-refractivity contribution in [2.75, 3.05) is 23.5 Å². The lowest BCUT2D eigenvalue weighted by Gasteiger charge is -2.17. The highest BCUT2D eigenvalue weighted by Gasteiger charge is 2.12. The molecule has 7 heteroatoms. The van der Waals surface area contributed by atoms with Crippen molar-refractivity contribution in [1.82, 2.24) is 9.97 Å². The van der Waals surface area contributed by atoms with E-state index < -0.39 is 0 Å². The molecule has 0 spiro atoms. The molecule has 0 aliphatic carbocycles. The van der Waals surface area contributed by atoms with E-state index in [1.54, 1.807) is 25.3 Å². The zero-order valence-corrected chi connectivity index (χ0v) is 13.6. The van der Waals surface area contributed by atoms with Crippen LogP contribution in [0, 0.1) is 0 Å². The number of hydrogen-bond acceptors (Lipinski definition) is 6. The summed E-state index contributed by atoms with van der Waals surface area (Å²) >= 11 is 6.03. The summed E-state index contributed by atoms with van der Waals surface area (Å²) in [6.45, 7) is 4.15. The molecule has 1 atom stereocenters. The SMILES string of the molecule is CCC(C)Nc1ncnc(Nc2cc(Cl)ccc2OC)c1N. The molecule has 1 unspecified atom stereocenters. The minimum atomic E-state index is 0.269. The zero-order valence-electron chi connectivity index (χ0n) is 12.9. The first-order chi connectivity index (χ1) is 10.5. The molecule has 6 nitrogen and oxygen atoms in total. The molecule has 22 heavy (non-hydrogen) atoms. The van der Waals surface area contributed by atoms with Gasteiger partial charge >= 0.3 is 0 Å². The molecular formula is C15H20ClN5O. The third-order valence-electron chi connectivity index (χ3n) is 3.29. The molecule has 0 radical (unpaired) electrons. The Bertz CT molecular complexity index is 650. The van der Waals surface area contributed by atoms with Crippen LogP contribution in [0.2, 0.25) is 5.02 Å². The van der Waals surface area contributed by atoms with E-state index >= 15 is 0 Å². The smallest absolute Gasteiger partial charge is 0.159 e. The fourth-order valence-electron chi connectivity index (χ4n) is 1.85. The van der Waals surface area contributed by atoms with Gasteiger partial charge < -0.3 is 21.1 Å². The highest BCUT2D eigenvalue weighted by atomic mass is 35.5. The lowest BCUT2D eigenvalue weighted by atomic mass is 10.2. The van der Waals surface area contributed by atoms with Gasteiger partial charge in [-0.15, -0.1) is 0 Å². The normalized spacial score (nSPS) is 11.8. The van der Waals surface area contributed by atoms with Gasteiger partial charge in [0.15, 0.2) is 11.6 Å². The third kappa shape index (κ3) is 3.71. The van der Waals surface area contributed by atoms with Gasteiger partial charge in [0.1, 0.15) is 17.8 Å². The molecule has 4 N–H and O–H groups in total. The molecule has 0 saturated carbocycles. The molecule has 1 heterocycles. The van der Waals surface area contributed by atoms with E-state index in [-0.39, 0.29) is 6.04 Å². The number of hydrogen-bond donors (Lipinski definition) is 3. The maximum atomic E-state index is 6.14. The zero-order chi connectivity index (χ0) is 16.1. The maximum Gasteiger partial charge on any atom is 0.159 e. The molecule has 0 saturated heterocycles. The first kappa shape index (κ1) is 16.2. The molecule has 0 bridgehead atoms. The largest absolute Gasteiger partial charge is 0.495 e. The number of rotatable bonds is 6. The van der Waals surface area contributed by atoms with E-state index in [1.165, 1.54) is 6.33 Å². The Morgan fingerprint density at radius 1 is 1.32 bits per heavy atom. The van der Waals surface area contributed by atoms with Gasteiger partial charge in [0.2, 0.25) is 0 Å². The van der Waals surface area contributed by atoms with Gasteiger partial charge in [-0.25, -0.2) is 9.97 Å². The summed E-state index contributed by atoms with van der Waals surface area (Å²) in [6.07, 6.45) is 2.43. The van der Waals surface area contributed by atoms with Gasteiger partial charge in [0.05, 0.1) is 12.8 Å². The van der Waals surface area contributed by atoms with E-state index in [4.69, 9.17) is 22.1 Å². The summed E-state index contributed by atoms with van der Waals surface area (Å²) < 4.78 is 5.30. The molecule has 0 fully saturated rings. The molecule has 1 aromatic heterocycles. The molecule has 0 aliphatic heterocycles. The van der Waals surface area contributed by atoms with Crippen molar-refractivity contribution in [2.45, 2.75) is 26.3 Å². The fraction of sp³-hybridized carbons (Fsp3) is 0.333. The number of benzene rings is 1. The predicted octanol–water partition coefficient (Wildman–Crippen LogP) is 3.67. The van der Waals surface area contributed by atoms with Crippen LogP contribution in [-0.4, -0.2) is 23.1 Å². The Morgan fingerprint density at radius 2 is 2.05 bits per heavy atom. The van der Waals surface area contributed by atoms with E-state index in [1.807, 2.05) is 0 Å². The van der Waals surface area contributed by atoms with Crippen molar-refractivity contribution in [3.63, 3.8) is 0 Å². The second kappa shape index (κ2) is 7.17. The Morgan fingerprint density at radius 3 is 2.73 bits per heavy atom. The van der Waals surface area contributed by atoms with Crippen LogP contribution in [0.3, 0.4) is 0 Å². The number of nitrogens with one attached hydrogen (secondary N) is 2. The first-order valence-electron chi connectivity index (χ1n) is 7.02. The van der Waals surface area contributed by atoms with E-state index in [0.29, 0.717) is 33.8 Å². The average molecular weight is 322 g/mol. The van der Waals surface area contributed by atoms with E-state index in [2.05, 4.69) is 34.4 Å². The van der Waals surface area contributed by atoms with Gasteiger partial charge in [0, 0.05) is 11.1 Å². The number of nitrogens with zero attached hydrogens (tertiary/aromatic N) is 2. The van der Waals surface area contributed by atoms with Crippen LogP contribution < -0.4 is 21.1 Å². The topological polar surface area (TPSA) is 85.1 Å². The fourth-order valence-corrected chi connectivity index (χ4v) is 2.02. The van der Waals surface area contributed by atoms with Crippen LogP contribution in [0.25, 0.3) is 0 Å². The summed E-state index contributed by atoms with van der Waals surface area (Å²) in [5.41, 5.74) is 7.28. The van der Waals surface area contributed by atoms with Gasteiger partial charge in [-0.2, -0.15) is 0 Å². The first-order valence-corrected chi connectivity index (χ1v) is 7.40. The van der Waals surface area contributed by atoms with Gasteiger partial charge in [-0.3, -0.25) is 0 Å². The minimum absolute atomic E-state index is 0.269. The van der Waals surface area contributed by atoms with Crippen molar-refractivity contribution in [1.29, 1.82) is 0 Å². The molecule has 118 valence electrons. The van der Waals surface area contributed by atoms with Crippen LogP contribution >= 0.6 is 11.6 Å². The Kier molecular flexibility index (Phi) is 5.27. The second-order valence-electron chi connectivity index (χ2n) is 4.91. The highest BCUT2D eigenvalue weighted by Crippen LogP contribution is 2.33. The maximum absolute atomic E-state index is 6.14. The van der Waals surface area contributed by atoms with Crippen molar-refractivity contribution < 1.29 is 4.74 Å². The highest BCUT2D eigenvalue weighted by molar-refractivity contribution is 6.31. The molecule has 2 aromatic rings. The van der Waals surface area contributed by atoms with Gasteiger partial charge in [-0.1, -0.05) is 18.5 Å². The van der Waals surface area contributed by atoms with E-state index in [0.717, 1.165) is 6.42 Å². The number of nitrogens with two attached hydrogens (primary N) is 1. The Labute approximate surface area is 135 Å². The minimum Gasteiger partial charge on any atom is -0.495 e. The Hall–Kier alpha value is -2.21. The number of nitrogen functional groups attached to an aromatic ring is 1. The number of aromatic nitrogens is 2. The number of halogens is 1. The molecule has 0 amide bonds. The number of methoxy groups -OCH3 is 1. The van der Waals surface area contributed by atoms with Crippen LogP contribution in [0.5, 0.6) is 5.75 Å². The van der Waals surface area contributed by atoms with Gasteiger partial charge in [-0.05, 0) is 31.5 Å². The summed E-state index contributed by atoms with van der Waals surface area (Å²) in [4.78, 5) is 8.37. The lowest BCUT2D eigenvalue weighted by Crippen LogP contribution is -2.16. The third-order valence-corrected chi connectivity index (χ3v) is 3.53. The van der Waals surface area contributed by atoms with Crippen molar-refractivity contribution in [2.24, 2.45) is 0 Å². The monoisotopic (exact) mass is 321 g/mol. The van der Waals surface area contributed by atoms with E-state index in [9.17, 15) is 0 Å². The van der Waals surface area contributed by atoms with Crippen LogP contribution in [0.1, 0.15) is 20.3 Å². The van der Waals surface area contributed by atoms with Crippen LogP contribution in [0.15, 0.2) is 24.5 Å². The van der Waals surface area contributed by atoms with Crippen LogP contribution in [0.4, 0.5) is 23.0 Å². The summed E-state index contributed by atoms with van der Waals surface area (Å²) in [6, 6.07) is 5.56. The van der Waals surface area contributed by atoms with Crippen molar-refractivity contribution >= 4 is 34.6 Å². The average Bonchev–Trinajstić information content (AvgIpc) is 2.51.